The number of aromatic nitrogens is 1. The third kappa shape index (κ3) is 2.98. The second-order valence-electron chi connectivity index (χ2n) is 5.76. The number of aryl methyl sites for hydroxylation is 1. The highest BCUT2D eigenvalue weighted by atomic mass is 16.6. The van der Waals surface area contributed by atoms with Crippen molar-refractivity contribution in [1.29, 1.82) is 0 Å². The Hall–Kier alpha value is -1.73. The summed E-state index contributed by atoms with van der Waals surface area (Å²) in [5, 5.41) is 14.0. The molecule has 0 aliphatic carbocycles. The van der Waals surface area contributed by atoms with Crippen molar-refractivity contribution in [2.45, 2.75) is 37.9 Å². The monoisotopic (exact) mass is 293 g/mol. The van der Waals surface area contributed by atoms with Crippen molar-refractivity contribution in [2.24, 2.45) is 0 Å². The molecule has 0 amide bonds. The van der Waals surface area contributed by atoms with Crippen molar-refractivity contribution in [3.05, 3.63) is 27.9 Å². The van der Waals surface area contributed by atoms with Gasteiger partial charge >= 0.3 is 0 Å². The summed E-state index contributed by atoms with van der Waals surface area (Å²) in [6, 6.07) is 1.48. The maximum atomic E-state index is 10.7. The van der Waals surface area contributed by atoms with Crippen molar-refractivity contribution < 1.29 is 14.4 Å². The molecule has 2 saturated heterocycles. The lowest BCUT2D eigenvalue weighted by atomic mass is 9.89. The number of piperidine rings is 1. The topological polar surface area (TPSA) is 86.5 Å². The summed E-state index contributed by atoms with van der Waals surface area (Å²) in [5.41, 5.74) is 0.595. The zero-order valence-corrected chi connectivity index (χ0v) is 12.0. The van der Waals surface area contributed by atoms with Gasteiger partial charge in [-0.3, -0.25) is 10.1 Å². The molecule has 21 heavy (non-hydrogen) atoms. The standard InChI is InChI=1S/C14H19N3O4/c1-10-6-11(17(18)19)8-16-13(10)21-12-7-14(20-9-12)2-4-15-5-3-14/h6,8,12,15H,2-5,7,9H2,1H3. The van der Waals surface area contributed by atoms with Gasteiger partial charge in [-0.1, -0.05) is 0 Å². The predicted molar refractivity (Wildman–Crippen MR) is 75.4 cm³/mol. The quantitative estimate of drug-likeness (QED) is 0.672. The second-order valence-corrected chi connectivity index (χ2v) is 5.76. The number of hydrogen-bond donors (Lipinski definition) is 1. The highest BCUT2D eigenvalue weighted by Crippen LogP contribution is 2.35. The fourth-order valence-electron chi connectivity index (χ4n) is 3.04. The van der Waals surface area contributed by atoms with Crippen LogP contribution in [0.15, 0.2) is 12.3 Å². The second kappa shape index (κ2) is 5.57. The lowest BCUT2D eigenvalue weighted by Gasteiger charge is -2.32. The Labute approximate surface area is 122 Å². The van der Waals surface area contributed by atoms with Crippen LogP contribution in [0.4, 0.5) is 5.69 Å². The Bertz CT molecular complexity index is 543. The zero-order valence-electron chi connectivity index (χ0n) is 12.0. The summed E-state index contributed by atoms with van der Waals surface area (Å²) in [6.07, 6.45) is 4.06. The average molecular weight is 293 g/mol. The summed E-state index contributed by atoms with van der Waals surface area (Å²) in [6.45, 7) is 4.27. The van der Waals surface area contributed by atoms with Crippen LogP contribution >= 0.6 is 0 Å². The van der Waals surface area contributed by atoms with Gasteiger partial charge in [-0.05, 0) is 32.9 Å². The van der Waals surface area contributed by atoms with E-state index in [1.54, 1.807) is 6.92 Å². The molecule has 0 saturated carbocycles. The molecular weight excluding hydrogens is 274 g/mol. The van der Waals surface area contributed by atoms with Gasteiger partial charge in [0.25, 0.3) is 5.69 Å². The summed E-state index contributed by atoms with van der Waals surface area (Å²) >= 11 is 0. The number of hydrogen-bond acceptors (Lipinski definition) is 6. The zero-order chi connectivity index (χ0) is 14.9. The van der Waals surface area contributed by atoms with Crippen LogP contribution in [0.2, 0.25) is 0 Å². The lowest BCUT2D eigenvalue weighted by molar-refractivity contribution is -0.385. The average Bonchev–Trinajstić information content (AvgIpc) is 2.84. The molecule has 1 aromatic rings. The van der Waals surface area contributed by atoms with Crippen LogP contribution in [-0.4, -0.2) is 41.3 Å². The van der Waals surface area contributed by atoms with Crippen LogP contribution in [0.5, 0.6) is 5.88 Å². The molecule has 7 nitrogen and oxygen atoms in total. The van der Waals surface area contributed by atoms with Gasteiger partial charge in [-0.15, -0.1) is 0 Å². The molecule has 0 aromatic carbocycles. The summed E-state index contributed by atoms with van der Waals surface area (Å²) in [7, 11) is 0. The number of nitrogens with zero attached hydrogens (tertiary/aromatic N) is 2. The summed E-state index contributed by atoms with van der Waals surface area (Å²) in [5.74, 6) is 0.459. The molecule has 7 heteroatoms. The van der Waals surface area contributed by atoms with Gasteiger partial charge in [0.2, 0.25) is 5.88 Å². The van der Waals surface area contributed by atoms with E-state index in [4.69, 9.17) is 9.47 Å². The van der Waals surface area contributed by atoms with Crippen LogP contribution in [0.1, 0.15) is 24.8 Å². The van der Waals surface area contributed by atoms with E-state index < -0.39 is 4.92 Å². The van der Waals surface area contributed by atoms with Crippen molar-refractivity contribution in [3.63, 3.8) is 0 Å². The molecule has 3 heterocycles. The maximum absolute atomic E-state index is 10.7. The largest absolute Gasteiger partial charge is 0.472 e. The summed E-state index contributed by atoms with van der Waals surface area (Å²) in [4.78, 5) is 14.3. The Kier molecular flexibility index (Phi) is 3.77. The number of rotatable bonds is 3. The first-order valence-electron chi connectivity index (χ1n) is 7.20. The van der Waals surface area contributed by atoms with Gasteiger partial charge in [0, 0.05) is 18.1 Å². The Balaban J connectivity index is 1.66. The number of ether oxygens (including phenoxy) is 2. The van der Waals surface area contributed by atoms with Crippen LogP contribution in [-0.2, 0) is 4.74 Å². The minimum absolute atomic E-state index is 0.0163. The molecule has 0 bridgehead atoms. The maximum Gasteiger partial charge on any atom is 0.288 e. The minimum Gasteiger partial charge on any atom is -0.472 e. The molecule has 0 radical (unpaired) electrons. The van der Waals surface area contributed by atoms with Crippen molar-refractivity contribution in [2.75, 3.05) is 19.7 Å². The highest BCUT2D eigenvalue weighted by molar-refractivity contribution is 5.36. The molecule has 3 rings (SSSR count). The van der Waals surface area contributed by atoms with E-state index in [1.807, 2.05) is 0 Å². The molecule has 2 fully saturated rings. The fraction of sp³-hybridized carbons (Fsp3) is 0.643. The molecule has 1 aromatic heterocycles. The third-order valence-corrected chi connectivity index (χ3v) is 4.19. The van der Waals surface area contributed by atoms with E-state index in [2.05, 4.69) is 10.3 Å². The lowest BCUT2D eigenvalue weighted by Crippen LogP contribution is -2.41. The van der Waals surface area contributed by atoms with E-state index in [-0.39, 0.29) is 17.4 Å². The Morgan fingerprint density at radius 3 is 2.95 bits per heavy atom. The van der Waals surface area contributed by atoms with Gasteiger partial charge in [-0.25, -0.2) is 4.98 Å². The van der Waals surface area contributed by atoms with E-state index in [0.29, 0.717) is 18.1 Å². The Morgan fingerprint density at radius 2 is 2.29 bits per heavy atom. The predicted octanol–water partition coefficient (Wildman–Crippen LogP) is 1.59. The van der Waals surface area contributed by atoms with Crippen LogP contribution in [0, 0.1) is 17.0 Å². The molecule has 2 aliphatic heterocycles. The number of pyridine rings is 1. The van der Waals surface area contributed by atoms with Crippen LogP contribution < -0.4 is 10.1 Å². The normalized spacial score (nSPS) is 24.1. The van der Waals surface area contributed by atoms with E-state index in [0.717, 1.165) is 32.4 Å². The smallest absolute Gasteiger partial charge is 0.288 e. The minimum atomic E-state index is -0.452. The number of nitro groups is 1. The molecule has 114 valence electrons. The molecule has 1 N–H and O–H groups in total. The molecule has 1 spiro atoms. The fourth-order valence-corrected chi connectivity index (χ4v) is 3.04. The Morgan fingerprint density at radius 1 is 1.52 bits per heavy atom. The summed E-state index contributed by atoms with van der Waals surface area (Å²) < 4.78 is 11.9. The van der Waals surface area contributed by atoms with Crippen molar-refractivity contribution in [1.82, 2.24) is 10.3 Å². The molecule has 2 aliphatic rings. The van der Waals surface area contributed by atoms with Gasteiger partial charge in [0.15, 0.2) is 0 Å². The SMILES string of the molecule is Cc1cc([N+](=O)[O-])cnc1OC1COC2(CCNCC2)C1. The van der Waals surface area contributed by atoms with Gasteiger partial charge in [0.05, 0.1) is 17.1 Å². The first-order chi connectivity index (χ1) is 10.1. The van der Waals surface area contributed by atoms with Crippen molar-refractivity contribution in [3.8, 4) is 5.88 Å². The van der Waals surface area contributed by atoms with Gasteiger partial charge < -0.3 is 14.8 Å². The molecular formula is C14H19N3O4. The molecule has 1 atom stereocenters. The van der Waals surface area contributed by atoms with Crippen molar-refractivity contribution >= 4 is 5.69 Å². The van der Waals surface area contributed by atoms with Gasteiger partial charge in [-0.2, -0.15) is 0 Å². The first kappa shape index (κ1) is 14.2. The highest BCUT2D eigenvalue weighted by Gasteiger charge is 2.42. The van der Waals surface area contributed by atoms with Gasteiger partial charge in [0.1, 0.15) is 12.3 Å². The third-order valence-electron chi connectivity index (χ3n) is 4.19. The van der Waals surface area contributed by atoms with E-state index in [9.17, 15) is 10.1 Å². The molecule has 1 unspecified atom stereocenters. The van der Waals surface area contributed by atoms with E-state index >= 15 is 0 Å². The van der Waals surface area contributed by atoms with Crippen LogP contribution in [0.3, 0.4) is 0 Å². The van der Waals surface area contributed by atoms with E-state index in [1.165, 1.54) is 12.3 Å². The first-order valence-corrected chi connectivity index (χ1v) is 7.20. The number of nitrogens with one attached hydrogen (secondary N) is 1. The van der Waals surface area contributed by atoms with Crippen LogP contribution in [0.25, 0.3) is 0 Å².